The van der Waals surface area contributed by atoms with E-state index in [2.05, 4.69) is 0 Å². The van der Waals surface area contributed by atoms with E-state index in [1.165, 1.54) is 0 Å². The summed E-state index contributed by atoms with van der Waals surface area (Å²) in [4.78, 5) is 36.6. The molecule has 2 aliphatic rings. The number of para-hydroxylation sites is 1. The van der Waals surface area contributed by atoms with Gasteiger partial charge in [0.1, 0.15) is 11.5 Å². The third kappa shape index (κ3) is 1.60. The molecule has 5 heteroatoms. The minimum absolute atomic E-state index is 0.219. The smallest absolute Gasteiger partial charge is 0.330 e. The molecule has 1 aliphatic carbocycles. The minimum atomic E-state index is -1.75. The van der Waals surface area contributed by atoms with Gasteiger partial charge in [-0.2, -0.15) is 0 Å². The molecule has 0 aromatic heterocycles. The van der Waals surface area contributed by atoms with E-state index >= 15 is 0 Å². The van der Waals surface area contributed by atoms with E-state index in [4.69, 9.17) is 4.74 Å². The first-order valence-electron chi connectivity index (χ1n) is 6.81. The van der Waals surface area contributed by atoms with Gasteiger partial charge in [-0.3, -0.25) is 14.4 Å². The first-order chi connectivity index (χ1) is 9.72. The number of esters is 1. The molecule has 3 atom stereocenters. The molecule has 1 aromatic rings. The summed E-state index contributed by atoms with van der Waals surface area (Å²) in [7, 11) is 0. The maximum Gasteiger partial charge on any atom is 0.330 e. The molecule has 0 spiro atoms. The zero-order chi connectivity index (χ0) is 15.6. The zero-order valence-corrected chi connectivity index (χ0v) is 12.0. The van der Waals surface area contributed by atoms with Crippen molar-refractivity contribution in [2.24, 2.45) is 16.7 Å². The lowest BCUT2D eigenvalue weighted by Crippen LogP contribution is -2.37. The summed E-state index contributed by atoms with van der Waals surface area (Å²) in [6.45, 7) is 5.19. The summed E-state index contributed by atoms with van der Waals surface area (Å²) >= 11 is 0. The highest BCUT2D eigenvalue weighted by atomic mass is 16.5. The van der Waals surface area contributed by atoms with Gasteiger partial charge in [-0.25, -0.2) is 0 Å². The highest BCUT2D eigenvalue weighted by molar-refractivity contribution is 6.14. The molecule has 0 saturated heterocycles. The van der Waals surface area contributed by atoms with Crippen molar-refractivity contribution in [1.29, 1.82) is 0 Å². The lowest BCUT2D eigenvalue weighted by molar-refractivity contribution is -0.158. The second-order valence-electron chi connectivity index (χ2n) is 6.67. The molecule has 3 unspecified atom stereocenters. The lowest BCUT2D eigenvalue weighted by Gasteiger charge is -2.20. The Hall–Kier alpha value is -2.17. The van der Waals surface area contributed by atoms with Crippen molar-refractivity contribution < 1.29 is 24.2 Å². The molecule has 5 nitrogen and oxygen atoms in total. The van der Waals surface area contributed by atoms with Crippen molar-refractivity contribution >= 4 is 17.7 Å². The van der Waals surface area contributed by atoms with E-state index in [1.54, 1.807) is 45.0 Å². The number of ketones is 1. The van der Waals surface area contributed by atoms with E-state index in [0.29, 0.717) is 11.3 Å². The highest BCUT2D eigenvalue weighted by Crippen LogP contribution is 2.70. The van der Waals surface area contributed by atoms with Crippen LogP contribution in [0.2, 0.25) is 0 Å². The Morgan fingerprint density at radius 3 is 2.43 bits per heavy atom. The van der Waals surface area contributed by atoms with E-state index in [9.17, 15) is 19.5 Å². The largest absolute Gasteiger partial charge is 0.480 e. The Labute approximate surface area is 121 Å². The molecule has 3 rings (SSSR count). The van der Waals surface area contributed by atoms with Crippen LogP contribution >= 0.6 is 0 Å². The number of carbonyl (C=O) groups excluding carboxylic acids is 2. The van der Waals surface area contributed by atoms with Crippen molar-refractivity contribution in [3.8, 4) is 5.75 Å². The fraction of sp³-hybridized carbons (Fsp3) is 0.438. The number of carboxylic acids is 1. The summed E-state index contributed by atoms with van der Waals surface area (Å²) in [6.07, 6.45) is 0. The fourth-order valence-corrected chi connectivity index (χ4v) is 3.26. The number of benzene rings is 1. The minimum Gasteiger partial charge on any atom is -0.480 e. The Morgan fingerprint density at radius 1 is 1.24 bits per heavy atom. The third-order valence-corrected chi connectivity index (χ3v) is 4.38. The Morgan fingerprint density at radius 2 is 1.86 bits per heavy atom. The van der Waals surface area contributed by atoms with Gasteiger partial charge >= 0.3 is 11.9 Å². The SMILES string of the molecule is CC(C)(C)C(=O)C1C2c3ccccc3OC(=O)C12C(=O)O. The van der Waals surface area contributed by atoms with Gasteiger partial charge in [-0.05, 0) is 6.07 Å². The predicted molar refractivity (Wildman–Crippen MR) is 72.8 cm³/mol. The molecule has 0 radical (unpaired) electrons. The van der Waals surface area contributed by atoms with Gasteiger partial charge in [0.2, 0.25) is 0 Å². The Kier molecular flexibility index (Phi) is 2.58. The molecule has 110 valence electrons. The second kappa shape index (κ2) is 3.93. The average molecular weight is 288 g/mol. The average Bonchev–Trinajstić information content (AvgIpc) is 3.09. The van der Waals surface area contributed by atoms with Crippen molar-refractivity contribution in [3.63, 3.8) is 0 Å². The van der Waals surface area contributed by atoms with Crippen LogP contribution in [-0.4, -0.2) is 22.8 Å². The molecule has 0 bridgehead atoms. The number of hydrogen-bond acceptors (Lipinski definition) is 4. The van der Waals surface area contributed by atoms with Crippen LogP contribution in [0.1, 0.15) is 32.3 Å². The van der Waals surface area contributed by atoms with Crippen molar-refractivity contribution in [1.82, 2.24) is 0 Å². The maximum atomic E-state index is 12.6. The second-order valence-corrected chi connectivity index (χ2v) is 6.67. The van der Waals surface area contributed by atoms with Gasteiger partial charge in [0.05, 0.1) is 5.92 Å². The van der Waals surface area contributed by atoms with Crippen LogP contribution in [0.5, 0.6) is 5.75 Å². The molecular weight excluding hydrogens is 272 g/mol. The predicted octanol–water partition coefficient (Wildman–Crippen LogP) is 2.01. The number of rotatable bonds is 2. The van der Waals surface area contributed by atoms with Crippen LogP contribution in [0.3, 0.4) is 0 Å². The molecule has 1 aliphatic heterocycles. The number of Topliss-reactive ketones (excluding diaryl/α,β-unsaturated/α-hetero) is 1. The highest BCUT2D eigenvalue weighted by Gasteiger charge is 2.81. The maximum absolute atomic E-state index is 12.6. The topological polar surface area (TPSA) is 80.7 Å². The van der Waals surface area contributed by atoms with Gasteiger partial charge in [-0.1, -0.05) is 39.0 Å². The molecule has 1 fully saturated rings. The standard InChI is InChI=1S/C16H16O5/c1-15(2,3)12(17)11-10-8-6-4-5-7-9(8)21-14(20)16(10,11)13(18)19/h4-7,10-11H,1-3H3,(H,18,19). The van der Waals surface area contributed by atoms with E-state index in [0.717, 1.165) is 0 Å². The number of fused-ring (bicyclic) bond motifs is 3. The van der Waals surface area contributed by atoms with Crippen LogP contribution in [0.25, 0.3) is 0 Å². The summed E-state index contributed by atoms with van der Waals surface area (Å²) in [6, 6.07) is 6.81. The van der Waals surface area contributed by atoms with Crippen LogP contribution in [-0.2, 0) is 14.4 Å². The zero-order valence-electron chi connectivity index (χ0n) is 12.0. The monoisotopic (exact) mass is 288 g/mol. The van der Waals surface area contributed by atoms with Gasteiger partial charge < -0.3 is 9.84 Å². The third-order valence-electron chi connectivity index (χ3n) is 4.38. The molecule has 0 amide bonds. The normalized spacial score (nSPS) is 30.0. The first-order valence-corrected chi connectivity index (χ1v) is 6.81. The molecule has 1 aromatic carbocycles. The lowest BCUT2D eigenvalue weighted by atomic mass is 9.85. The van der Waals surface area contributed by atoms with Crippen LogP contribution in [0.15, 0.2) is 24.3 Å². The number of aliphatic carboxylic acids is 1. The van der Waals surface area contributed by atoms with Gasteiger partial charge in [0, 0.05) is 16.9 Å². The number of ether oxygens (including phenoxy) is 1. The van der Waals surface area contributed by atoms with Crippen LogP contribution in [0, 0.1) is 16.7 Å². The van der Waals surface area contributed by atoms with Crippen molar-refractivity contribution in [2.75, 3.05) is 0 Å². The van der Waals surface area contributed by atoms with Gasteiger partial charge in [0.15, 0.2) is 5.41 Å². The first kappa shape index (κ1) is 13.8. The van der Waals surface area contributed by atoms with E-state index in [-0.39, 0.29) is 5.78 Å². The summed E-state index contributed by atoms with van der Waals surface area (Å²) in [5, 5.41) is 9.57. The Balaban J connectivity index is 2.15. The van der Waals surface area contributed by atoms with Gasteiger partial charge in [0.25, 0.3) is 0 Å². The molecule has 1 N–H and O–H groups in total. The van der Waals surface area contributed by atoms with Gasteiger partial charge in [-0.15, -0.1) is 0 Å². The quantitative estimate of drug-likeness (QED) is 0.511. The van der Waals surface area contributed by atoms with Crippen LogP contribution < -0.4 is 4.74 Å². The van der Waals surface area contributed by atoms with Crippen LogP contribution in [0.4, 0.5) is 0 Å². The Bertz CT molecular complexity index is 669. The number of hydrogen-bond donors (Lipinski definition) is 1. The summed E-state index contributed by atoms with van der Waals surface area (Å²) < 4.78 is 5.17. The van der Waals surface area contributed by atoms with Crippen molar-refractivity contribution in [2.45, 2.75) is 26.7 Å². The molecule has 1 heterocycles. The molecular formula is C16H16O5. The number of carbonyl (C=O) groups is 3. The summed E-state index contributed by atoms with van der Waals surface area (Å²) in [5.41, 5.74) is -1.83. The molecule has 21 heavy (non-hydrogen) atoms. The number of carboxylic acid groups (broad SMARTS) is 1. The fourth-order valence-electron chi connectivity index (χ4n) is 3.26. The molecule has 1 saturated carbocycles. The van der Waals surface area contributed by atoms with E-state index < -0.39 is 34.6 Å². The summed E-state index contributed by atoms with van der Waals surface area (Å²) in [5.74, 6) is -3.46. The van der Waals surface area contributed by atoms with E-state index in [1.807, 2.05) is 0 Å². The van der Waals surface area contributed by atoms with Crippen molar-refractivity contribution in [3.05, 3.63) is 29.8 Å².